The van der Waals surface area contributed by atoms with Gasteiger partial charge in [-0.3, -0.25) is 19.4 Å². The second kappa shape index (κ2) is 2.81. The maximum absolute atomic E-state index is 11.3. The van der Waals surface area contributed by atoms with E-state index in [1.165, 1.54) is 0 Å². The van der Waals surface area contributed by atoms with E-state index in [9.17, 15) is 14.4 Å². The van der Waals surface area contributed by atoms with Crippen molar-refractivity contribution in [1.82, 2.24) is 0 Å². The number of aliphatic hydroxyl groups excluding tert-OH is 1. The number of nitrogens with zero attached hydrogens (tertiary/aromatic N) is 1. The lowest BCUT2D eigenvalue weighted by atomic mass is 9.92. The Bertz CT molecular complexity index is 442. The number of ketones is 3. The molecular formula is C9H5NO4. The molecule has 1 aliphatic carbocycles. The minimum Gasteiger partial charge on any atom is -0.379 e. The number of hydrogen-bond acceptors (Lipinski definition) is 5. The molecule has 0 spiro atoms. The molecule has 0 saturated heterocycles. The Balaban J connectivity index is 2.59. The lowest BCUT2D eigenvalue weighted by Gasteiger charge is -2.15. The predicted molar refractivity (Wildman–Crippen MR) is 45.7 cm³/mol. The lowest BCUT2D eigenvalue weighted by Crippen LogP contribution is -2.33. The van der Waals surface area contributed by atoms with E-state index in [2.05, 4.69) is 4.99 Å². The van der Waals surface area contributed by atoms with Gasteiger partial charge in [0.25, 0.3) is 0 Å². The number of carbonyl (C=O) groups is 3. The summed E-state index contributed by atoms with van der Waals surface area (Å²) in [5.74, 6) is -1.84. The fourth-order valence-corrected chi connectivity index (χ4v) is 1.28. The summed E-state index contributed by atoms with van der Waals surface area (Å²) in [5.41, 5.74) is -0.486. The molecule has 1 N–H and O–H groups in total. The number of hydrogen-bond donors (Lipinski definition) is 1. The molecule has 1 aliphatic heterocycles. The van der Waals surface area contributed by atoms with Crippen LogP contribution in [0.1, 0.15) is 0 Å². The van der Waals surface area contributed by atoms with Crippen LogP contribution < -0.4 is 0 Å². The molecule has 70 valence electrons. The minimum atomic E-state index is -1.42. The molecular weight excluding hydrogens is 186 g/mol. The summed E-state index contributed by atoms with van der Waals surface area (Å²) in [6, 6.07) is 0. The number of aliphatic hydroxyl groups is 1. The van der Waals surface area contributed by atoms with Crippen molar-refractivity contribution in [2.24, 2.45) is 4.99 Å². The number of allylic oxidation sites excluding steroid dienone is 2. The topological polar surface area (TPSA) is 83.8 Å². The lowest BCUT2D eigenvalue weighted by molar-refractivity contribution is -0.124. The Morgan fingerprint density at radius 1 is 1.14 bits per heavy atom. The van der Waals surface area contributed by atoms with Gasteiger partial charge in [0.05, 0.1) is 5.57 Å². The van der Waals surface area contributed by atoms with E-state index in [4.69, 9.17) is 5.11 Å². The summed E-state index contributed by atoms with van der Waals surface area (Å²) in [4.78, 5) is 37.3. The maximum Gasteiger partial charge on any atom is 0.205 e. The number of rotatable bonds is 0. The number of Topliss-reactive ketones (excluding diaryl/α,β-unsaturated/α-hetero) is 1. The maximum atomic E-state index is 11.3. The average Bonchev–Trinajstić information content (AvgIpc) is 2.16. The summed E-state index contributed by atoms with van der Waals surface area (Å²) in [6.45, 7) is 0. The zero-order valence-corrected chi connectivity index (χ0v) is 6.93. The average molecular weight is 191 g/mol. The molecule has 0 bridgehead atoms. The van der Waals surface area contributed by atoms with Gasteiger partial charge in [-0.05, 0) is 12.2 Å². The van der Waals surface area contributed by atoms with Crippen LogP contribution >= 0.6 is 0 Å². The molecule has 0 aromatic rings. The third-order valence-electron chi connectivity index (χ3n) is 1.96. The van der Waals surface area contributed by atoms with Crippen molar-refractivity contribution in [3.8, 4) is 0 Å². The zero-order chi connectivity index (χ0) is 10.3. The first-order chi connectivity index (χ1) is 6.61. The number of carbonyl (C=O) groups excluding carboxylic acids is 3. The van der Waals surface area contributed by atoms with Crippen LogP contribution in [0.3, 0.4) is 0 Å². The van der Waals surface area contributed by atoms with E-state index in [1.807, 2.05) is 0 Å². The van der Waals surface area contributed by atoms with E-state index in [-0.39, 0.29) is 11.3 Å². The Labute approximate surface area is 78.4 Å². The van der Waals surface area contributed by atoms with Crippen molar-refractivity contribution >= 4 is 23.6 Å². The number of aliphatic imine (C=N–C) groups is 1. The normalized spacial score (nSPS) is 25.8. The molecule has 5 heteroatoms. The fourth-order valence-electron chi connectivity index (χ4n) is 1.28. The van der Waals surface area contributed by atoms with Gasteiger partial charge in [0.2, 0.25) is 11.6 Å². The van der Waals surface area contributed by atoms with Gasteiger partial charge in [-0.1, -0.05) is 0 Å². The van der Waals surface area contributed by atoms with Gasteiger partial charge in [-0.2, -0.15) is 0 Å². The first-order valence-electron chi connectivity index (χ1n) is 3.89. The molecule has 0 amide bonds. The van der Waals surface area contributed by atoms with Crippen LogP contribution in [-0.2, 0) is 14.4 Å². The standard InChI is InChI=1S/C9H5NO4/c11-4-1-2-5(12)8-7(4)9(14)6(13)3-10-8/h1-3,6,13H. The molecule has 1 unspecified atom stereocenters. The fraction of sp³-hybridized carbons (Fsp3) is 0.111. The van der Waals surface area contributed by atoms with Gasteiger partial charge >= 0.3 is 0 Å². The van der Waals surface area contributed by atoms with Crippen molar-refractivity contribution in [3.63, 3.8) is 0 Å². The van der Waals surface area contributed by atoms with Crippen LogP contribution in [0, 0.1) is 0 Å². The summed E-state index contributed by atoms with van der Waals surface area (Å²) < 4.78 is 0. The van der Waals surface area contributed by atoms with Crippen LogP contribution in [0.15, 0.2) is 28.4 Å². The molecule has 0 aromatic heterocycles. The van der Waals surface area contributed by atoms with E-state index in [0.29, 0.717) is 0 Å². The quantitative estimate of drug-likeness (QED) is 0.391. The Hall–Kier alpha value is -1.88. The van der Waals surface area contributed by atoms with Crippen molar-refractivity contribution in [2.75, 3.05) is 0 Å². The second-order valence-corrected chi connectivity index (χ2v) is 2.87. The van der Waals surface area contributed by atoms with E-state index in [0.717, 1.165) is 18.4 Å². The van der Waals surface area contributed by atoms with Crippen LogP contribution in [0.2, 0.25) is 0 Å². The first kappa shape index (κ1) is 8.71. The highest BCUT2D eigenvalue weighted by Crippen LogP contribution is 2.20. The highest BCUT2D eigenvalue weighted by Gasteiger charge is 2.33. The van der Waals surface area contributed by atoms with Gasteiger partial charge in [0, 0.05) is 6.21 Å². The largest absolute Gasteiger partial charge is 0.379 e. The minimum absolute atomic E-state index is 0.173. The van der Waals surface area contributed by atoms with E-state index in [1.54, 1.807) is 0 Å². The van der Waals surface area contributed by atoms with Crippen molar-refractivity contribution in [2.45, 2.75) is 6.10 Å². The molecule has 0 saturated carbocycles. The first-order valence-corrected chi connectivity index (χ1v) is 3.89. The van der Waals surface area contributed by atoms with E-state index >= 15 is 0 Å². The van der Waals surface area contributed by atoms with Crippen molar-refractivity contribution < 1.29 is 19.5 Å². The molecule has 5 nitrogen and oxygen atoms in total. The van der Waals surface area contributed by atoms with Gasteiger partial charge in [0.1, 0.15) is 5.70 Å². The predicted octanol–water partition coefficient (Wildman–Crippen LogP) is -1.04. The van der Waals surface area contributed by atoms with Gasteiger partial charge in [-0.15, -0.1) is 0 Å². The highest BCUT2D eigenvalue weighted by molar-refractivity contribution is 6.36. The molecule has 0 fully saturated rings. The van der Waals surface area contributed by atoms with Gasteiger partial charge < -0.3 is 5.11 Å². The molecule has 2 aliphatic rings. The third-order valence-corrected chi connectivity index (χ3v) is 1.96. The van der Waals surface area contributed by atoms with Crippen LogP contribution in [0.4, 0.5) is 0 Å². The summed E-state index contributed by atoms with van der Waals surface area (Å²) >= 11 is 0. The zero-order valence-electron chi connectivity index (χ0n) is 6.93. The Morgan fingerprint density at radius 2 is 1.79 bits per heavy atom. The monoisotopic (exact) mass is 191 g/mol. The van der Waals surface area contributed by atoms with Crippen LogP contribution in [0.25, 0.3) is 0 Å². The molecule has 2 rings (SSSR count). The van der Waals surface area contributed by atoms with Crippen LogP contribution in [-0.4, -0.2) is 34.8 Å². The molecule has 14 heavy (non-hydrogen) atoms. The van der Waals surface area contributed by atoms with Crippen molar-refractivity contribution in [1.29, 1.82) is 0 Å². The third kappa shape index (κ3) is 1.06. The SMILES string of the molecule is O=C1C=CC(=O)C2=C1N=CC(O)C2=O. The second-order valence-electron chi connectivity index (χ2n) is 2.87. The molecule has 1 heterocycles. The summed E-state index contributed by atoms with van der Waals surface area (Å²) in [6.07, 6.45) is 1.60. The van der Waals surface area contributed by atoms with Gasteiger partial charge in [0.15, 0.2) is 11.9 Å². The Kier molecular flexibility index (Phi) is 1.75. The molecule has 0 radical (unpaired) electrons. The van der Waals surface area contributed by atoms with Crippen molar-refractivity contribution in [3.05, 3.63) is 23.4 Å². The van der Waals surface area contributed by atoms with Gasteiger partial charge in [-0.25, -0.2) is 0 Å². The van der Waals surface area contributed by atoms with Crippen LogP contribution in [0.5, 0.6) is 0 Å². The molecule has 1 atom stereocenters. The summed E-state index contributed by atoms with van der Waals surface area (Å²) in [5, 5.41) is 9.10. The smallest absolute Gasteiger partial charge is 0.205 e. The highest BCUT2D eigenvalue weighted by atomic mass is 16.3. The summed E-state index contributed by atoms with van der Waals surface area (Å²) in [7, 11) is 0. The Morgan fingerprint density at radius 3 is 2.50 bits per heavy atom. The van der Waals surface area contributed by atoms with E-state index < -0.39 is 23.5 Å². The molecule has 0 aromatic carbocycles.